The number of ether oxygens (including phenoxy) is 2. The lowest BCUT2D eigenvalue weighted by atomic mass is 10.1. The molecule has 132 valence electrons. The molecular weight excluding hydrogens is 308 g/mol. The first-order valence-electron chi connectivity index (χ1n) is 8.35. The Hall–Kier alpha value is -2.08. The highest BCUT2D eigenvalue weighted by molar-refractivity contribution is 5.78. The Balaban J connectivity index is 1.72. The highest BCUT2D eigenvalue weighted by Crippen LogP contribution is 2.13. The van der Waals surface area contributed by atoms with Gasteiger partial charge in [-0.1, -0.05) is 12.1 Å². The van der Waals surface area contributed by atoms with E-state index in [9.17, 15) is 9.59 Å². The van der Waals surface area contributed by atoms with Crippen molar-refractivity contribution in [1.29, 1.82) is 0 Å². The molecule has 1 atom stereocenters. The van der Waals surface area contributed by atoms with Crippen LogP contribution in [0.4, 0.5) is 0 Å². The average Bonchev–Trinajstić information content (AvgIpc) is 3.07. The smallest absolute Gasteiger partial charge is 0.224 e. The Morgan fingerprint density at radius 3 is 2.67 bits per heavy atom. The van der Waals surface area contributed by atoms with E-state index in [0.717, 1.165) is 30.8 Å². The summed E-state index contributed by atoms with van der Waals surface area (Å²) in [5, 5.41) is 2.87. The average molecular weight is 334 g/mol. The zero-order valence-electron chi connectivity index (χ0n) is 14.4. The van der Waals surface area contributed by atoms with Gasteiger partial charge in [0.25, 0.3) is 0 Å². The predicted octanol–water partition coefficient (Wildman–Crippen LogP) is 1.38. The van der Waals surface area contributed by atoms with E-state index in [1.165, 1.54) is 0 Å². The highest BCUT2D eigenvalue weighted by atomic mass is 16.5. The summed E-state index contributed by atoms with van der Waals surface area (Å²) in [4.78, 5) is 25.4. The summed E-state index contributed by atoms with van der Waals surface area (Å²) in [6.07, 6.45) is 2.49. The van der Waals surface area contributed by atoms with Crippen molar-refractivity contribution in [3.05, 3.63) is 29.8 Å². The second-order valence-corrected chi connectivity index (χ2v) is 5.97. The molecule has 6 nitrogen and oxygen atoms in total. The molecule has 1 aromatic carbocycles. The molecule has 1 N–H and O–H groups in total. The van der Waals surface area contributed by atoms with E-state index in [4.69, 9.17) is 9.47 Å². The molecule has 0 saturated carbocycles. The Labute approximate surface area is 143 Å². The van der Waals surface area contributed by atoms with Crippen LogP contribution in [0.25, 0.3) is 0 Å². The fourth-order valence-corrected chi connectivity index (χ4v) is 2.73. The van der Waals surface area contributed by atoms with Crippen LogP contribution < -0.4 is 10.1 Å². The molecule has 1 aromatic rings. The topological polar surface area (TPSA) is 67.9 Å². The number of hydrogen-bond acceptors (Lipinski definition) is 4. The van der Waals surface area contributed by atoms with Gasteiger partial charge >= 0.3 is 0 Å². The van der Waals surface area contributed by atoms with Gasteiger partial charge in [0.1, 0.15) is 5.75 Å². The number of nitrogens with one attached hydrogen (secondary N) is 1. The van der Waals surface area contributed by atoms with E-state index in [-0.39, 0.29) is 17.9 Å². The van der Waals surface area contributed by atoms with Crippen LogP contribution in [-0.2, 0) is 20.7 Å². The molecule has 1 aliphatic rings. The molecule has 1 saturated heterocycles. The van der Waals surface area contributed by atoms with Crippen LogP contribution >= 0.6 is 0 Å². The Bertz CT molecular complexity index is 538. The summed E-state index contributed by atoms with van der Waals surface area (Å²) >= 11 is 0. The fourth-order valence-electron chi connectivity index (χ4n) is 2.73. The second-order valence-electron chi connectivity index (χ2n) is 5.97. The van der Waals surface area contributed by atoms with Crippen LogP contribution in [0.5, 0.6) is 5.75 Å². The number of amides is 2. The molecule has 6 heteroatoms. The standard InChI is InChI=1S/C18H26N2O4/c1-14(21)20(13-17-4-3-11-24-17)10-9-19-18(22)12-15-5-7-16(23-2)8-6-15/h5-8,17H,3-4,9-13H2,1-2H3,(H,19,22). The summed E-state index contributed by atoms with van der Waals surface area (Å²) in [6, 6.07) is 7.42. The third kappa shape index (κ3) is 5.85. The molecule has 0 spiro atoms. The van der Waals surface area contributed by atoms with Gasteiger partial charge in [0.05, 0.1) is 19.6 Å². The van der Waals surface area contributed by atoms with Crippen molar-refractivity contribution in [2.45, 2.75) is 32.3 Å². The van der Waals surface area contributed by atoms with E-state index in [1.54, 1.807) is 18.9 Å². The van der Waals surface area contributed by atoms with Crippen LogP contribution in [0.15, 0.2) is 24.3 Å². The minimum Gasteiger partial charge on any atom is -0.497 e. The number of carbonyl (C=O) groups excluding carboxylic acids is 2. The third-order valence-corrected chi connectivity index (χ3v) is 4.12. The largest absolute Gasteiger partial charge is 0.497 e. The molecule has 1 aliphatic heterocycles. The molecule has 0 aliphatic carbocycles. The first kappa shape index (κ1) is 18.3. The van der Waals surface area contributed by atoms with Crippen LogP contribution in [0, 0.1) is 0 Å². The summed E-state index contributed by atoms with van der Waals surface area (Å²) in [7, 11) is 1.61. The van der Waals surface area contributed by atoms with Crippen LogP contribution in [0.3, 0.4) is 0 Å². The van der Waals surface area contributed by atoms with Gasteiger partial charge in [-0.3, -0.25) is 9.59 Å². The molecule has 2 amide bonds. The SMILES string of the molecule is COc1ccc(CC(=O)NCCN(CC2CCCO2)C(C)=O)cc1. The molecular formula is C18H26N2O4. The normalized spacial score (nSPS) is 16.7. The van der Waals surface area contributed by atoms with Crippen molar-refractivity contribution in [3.63, 3.8) is 0 Å². The van der Waals surface area contributed by atoms with Crippen LogP contribution in [0.2, 0.25) is 0 Å². The molecule has 1 heterocycles. The molecule has 1 fully saturated rings. The Kier molecular flexibility index (Phi) is 7.06. The number of nitrogens with zero attached hydrogens (tertiary/aromatic N) is 1. The Morgan fingerprint density at radius 2 is 2.08 bits per heavy atom. The molecule has 0 bridgehead atoms. The number of benzene rings is 1. The highest BCUT2D eigenvalue weighted by Gasteiger charge is 2.20. The van der Waals surface area contributed by atoms with Gasteiger partial charge in [-0.25, -0.2) is 0 Å². The lowest BCUT2D eigenvalue weighted by Gasteiger charge is -2.24. The Morgan fingerprint density at radius 1 is 1.33 bits per heavy atom. The lowest BCUT2D eigenvalue weighted by molar-refractivity contribution is -0.131. The zero-order chi connectivity index (χ0) is 17.4. The number of hydrogen-bond donors (Lipinski definition) is 1. The van der Waals surface area contributed by atoms with Gasteiger partial charge in [-0.05, 0) is 30.5 Å². The van der Waals surface area contributed by atoms with E-state index in [0.29, 0.717) is 26.1 Å². The van der Waals surface area contributed by atoms with Crippen molar-refractivity contribution in [2.24, 2.45) is 0 Å². The summed E-state index contributed by atoms with van der Waals surface area (Å²) < 4.78 is 10.7. The van der Waals surface area contributed by atoms with Crippen molar-refractivity contribution in [2.75, 3.05) is 33.4 Å². The van der Waals surface area contributed by atoms with Gasteiger partial charge in [0.2, 0.25) is 11.8 Å². The number of rotatable bonds is 8. The third-order valence-electron chi connectivity index (χ3n) is 4.12. The van der Waals surface area contributed by atoms with Gasteiger partial charge < -0.3 is 19.7 Å². The maximum absolute atomic E-state index is 12.0. The lowest BCUT2D eigenvalue weighted by Crippen LogP contribution is -2.41. The minimum absolute atomic E-state index is 0.00917. The second kappa shape index (κ2) is 9.27. The molecule has 0 aromatic heterocycles. The summed E-state index contributed by atoms with van der Waals surface area (Å²) in [5.41, 5.74) is 0.927. The van der Waals surface area contributed by atoms with Gasteiger partial charge in [-0.15, -0.1) is 0 Å². The number of carbonyl (C=O) groups is 2. The van der Waals surface area contributed by atoms with Crippen molar-refractivity contribution in [3.8, 4) is 5.75 Å². The fraction of sp³-hybridized carbons (Fsp3) is 0.556. The van der Waals surface area contributed by atoms with Gasteiger partial charge in [-0.2, -0.15) is 0 Å². The number of methoxy groups -OCH3 is 1. The van der Waals surface area contributed by atoms with Crippen molar-refractivity contribution >= 4 is 11.8 Å². The summed E-state index contributed by atoms with van der Waals surface area (Å²) in [6.45, 7) is 3.87. The van der Waals surface area contributed by atoms with Crippen LogP contribution in [0.1, 0.15) is 25.3 Å². The molecule has 2 rings (SSSR count). The first-order chi connectivity index (χ1) is 11.6. The van der Waals surface area contributed by atoms with Crippen LogP contribution in [-0.4, -0.2) is 56.2 Å². The van der Waals surface area contributed by atoms with E-state index in [1.807, 2.05) is 24.3 Å². The van der Waals surface area contributed by atoms with Crippen molar-refractivity contribution < 1.29 is 19.1 Å². The molecule has 24 heavy (non-hydrogen) atoms. The van der Waals surface area contributed by atoms with E-state index < -0.39 is 0 Å². The first-order valence-corrected chi connectivity index (χ1v) is 8.35. The van der Waals surface area contributed by atoms with Gasteiger partial charge in [0.15, 0.2) is 0 Å². The minimum atomic E-state index is -0.0548. The van der Waals surface area contributed by atoms with Gasteiger partial charge in [0, 0.05) is 33.2 Å². The maximum Gasteiger partial charge on any atom is 0.224 e. The summed E-state index contributed by atoms with van der Waals surface area (Å²) in [5.74, 6) is 0.723. The molecule has 0 radical (unpaired) electrons. The molecule has 1 unspecified atom stereocenters. The monoisotopic (exact) mass is 334 g/mol. The quantitative estimate of drug-likeness (QED) is 0.780. The van der Waals surface area contributed by atoms with E-state index >= 15 is 0 Å². The van der Waals surface area contributed by atoms with Crippen molar-refractivity contribution in [1.82, 2.24) is 10.2 Å². The zero-order valence-corrected chi connectivity index (χ0v) is 14.4. The predicted molar refractivity (Wildman–Crippen MR) is 90.9 cm³/mol. The maximum atomic E-state index is 12.0. The van der Waals surface area contributed by atoms with E-state index in [2.05, 4.69) is 5.32 Å².